The minimum atomic E-state index is -5.18. The van der Waals surface area contributed by atoms with Crippen molar-refractivity contribution in [3.63, 3.8) is 0 Å². The number of nitrogens with one attached hydrogen (secondary N) is 1. The summed E-state index contributed by atoms with van der Waals surface area (Å²) in [4.78, 5) is 12.1. The fourth-order valence-corrected chi connectivity index (χ4v) is 2.33. The third-order valence-corrected chi connectivity index (χ3v) is 3.71. The Morgan fingerprint density at radius 1 is 0.750 bits per heavy atom. The minimum absolute atomic E-state index is 0.158. The van der Waals surface area contributed by atoms with E-state index >= 15 is 0 Å². The zero-order valence-corrected chi connectivity index (χ0v) is 13.9. The number of benzene rings is 2. The van der Waals surface area contributed by atoms with E-state index in [1.165, 1.54) is 0 Å². The lowest BCUT2D eigenvalue weighted by Crippen LogP contribution is -2.17. The summed E-state index contributed by atoms with van der Waals surface area (Å²) in [5.41, 5.74) is -6.37. The summed E-state index contributed by atoms with van der Waals surface area (Å²) in [6.07, 6.45) is -15.3. The molecule has 0 saturated carbocycles. The molecular weight excluding hydrogens is 429 g/mol. The Hall–Kier alpha value is -2.43. The minimum Gasteiger partial charge on any atom is -0.322 e. The first-order valence-corrected chi connectivity index (χ1v) is 7.44. The summed E-state index contributed by atoms with van der Waals surface area (Å²) in [6.45, 7) is 0. The van der Waals surface area contributed by atoms with Gasteiger partial charge in [0.15, 0.2) is 0 Å². The Morgan fingerprint density at radius 2 is 1.25 bits per heavy atom. The molecule has 0 radical (unpaired) electrons. The van der Waals surface area contributed by atoms with Crippen LogP contribution in [-0.2, 0) is 18.5 Å². The molecule has 0 heterocycles. The Balaban J connectivity index is 2.45. The van der Waals surface area contributed by atoms with E-state index in [4.69, 9.17) is 11.6 Å². The molecule has 0 aliphatic heterocycles. The van der Waals surface area contributed by atoms with Gasteiger partial charge in [0.25, 0.3) is 5.91 Å². The highest BCUT2D eigenvalue weighted by Crippen LogP contribution is 2.38. The number of amides is 1. The van der Waals surface area contributed by atoms with Crippen molar-refractivity contribution in [1.82, 2.24) is 0 Å². The number of halogens is 10. The van der Waals surface area contributed by atoms with Gasteiger partial charge in [0.2, 0.25) is 0 Å². The topological polar surface area (TPSA) is 29.1 Å². The predicted molar refractivity (Wildman–Crippen MR) is 80.9 cm³/mol. The van der Waals surface area contributed by atoms with Gasteiger partial charge in [-0.15, -0.1) is 0 Å². The molecule has 0 aliphatic rings. The molecule has 152 valence electrons. The van der Waals surface area contributed by atoms with Crippen LogP contribution in [0.2, 0.25) is 5.02 Å². The molecule has 2 aromatic carbocycles. The van der Waals surface area contributed by atoms with Crippen LogP contribution in [0.1, 0.15) is 27.0 Å². The largest absolute Gasteiger partial charge is 0.417 e. The number of hydrogen-bond donors (Lipinski definition) is 1. The van der Waals surface area contributed by atoms with Crippen molar-refractivity contribution >= 4 is 23.2 Å². The lowest BCUT2D eigenvalue weighted by atomic mass is 10.0. The fourth-order valence-electron chi connectivity index (χ4n) is 2.11. The Labute approximate surface area is 155 Å². The second-order valence-electron chi connectivity index (χ2n) is 5.44. The van der Waals surface area contributed by atoms with Crippen LogP contribution in [0.3, 0.4) is 0 Å². The molecule has 0 fully saturated rings. The Kier molecular flexibility index (Phi) is 5.61. The second kappa shape index (κ2) is 7.19. The van der Waals surface area contributed by atoms with Crippen molar-refractivity contribution in [1.29, 1.82) is 0 Å². The number of carbonyl (C=O) groups is 1. The average molecular weight is 436 g/mol. The van der Waals surface area contributed by atoms with E-state index in [-0.39, 0.29) is 18.2 Å². The van der Waals surface area contributed by atoms with Crippen molar-refractivity contribution in [2.24, 2.45) is 0 Å². The predicted octanol–water partition coefficient (Wildman–Crippen LogP) is 6.65. The molecule has 1 amide bonds. The normalized spacial score (nSPS) is 12.8. The molecule has 2 rings (SSSR count). The number of hydrogen-bond acceptors (Lipinski definition) is 1. The number of anilines is 1. The molecule has 1 N–H and O–H groups in total. The molecule has 2 nitrogen and oxygen atoms in total. The van der Waals surface area contributed by atoms with Gasteiger partial charge in [0.05, 0.1) is 21.7 Å². The van der Waals surface area contributed by atoms with E-state index in [1.54, 1.807) is 0 Å². The molecule has 0 atom stereocenters. The van der Waals surface area contributed by atoms with Gasteiger partial charge in [-0.05, 0) is 36.4 Å². The van der Waals surface area contributed by atoms with Gasteiger partial charge in [-0.25, -0.2) is 0 Å². The van der Waals surface area contributed by atoms with Gasteiger partial charge in [0.1, 0.15) is 0 Å². The van der Waals surface area contributed by atoms with Crippen LogP contribution >= 0.6 is 11.6 Å². The average Bonchev–Trinajstić information content (AvgIpc) is 2.53. The van der Waals surface area contributed by atoms with E-state index in [9.17, 15) is 44.3 Å². The first-order chi connectivity index (χ1) is 12.6. The van der Waals surface area contributed by atoms with Gasteiger partial charge in [0, 0.05) is 11.3 Å². The Bertz CT molecular complexity index is 868. The molecule has 2 aromatic rings. The lowest BCUT2D eigenvalue weighted by molar-refractivity contribution is -0.143. The summed E-state index contributed by atoms with van der Waals surface area (Å²) < 4.78 is 115. The molecule has 0 spiro atoms. The summed E-state index contributed by atoms with van der Waals surface area (Å²) in [7, 11) is 0. The molecule has 28 heavy (non-hydrogen) atoms. The first kappa shape index (κ1) is 21.9. The van der Waals surface area contributed by atoms with Crippen molar-refractivity contribution in [2.75, 3.05) is 5.32 Å². The fraction of sp³-hybridized carbons (Fsp3) is 0.188. The van der Waals surface area contributed by atoms with E-state index in [1.807, 2.05) is 5.32 Å². The molecule has 0 bridgehead atoms. The summed E-state index contributed by atoms with van der Waals surface area (Å²) >= 11 is 5.39. The third kappa shape index (κ3) is 5.09. The standard InChI is InChI=1S/C16H7ClF9NO/c17-12-2-1-10(6-11(12)16(24,25)26)27-13(28)7-3-8(14(18,19)20)5-9(4-7)15(21,22)23/h1-6H,(H,27,28). The molecular formula is C16H7ClF9NO. The van der Waals surface area contributed by atoms with Gasteiger partial charge in [-0.3, -0.25) is 4.79 Å². The van der Waals surface area contributed by atoms with Crippen molar-refractivity contribution in [3.05, 3.63) is 63.7 Å². The molecule has 0 aromatic heterocycles. The highest BCUT2D eigenvalue weighted by Gasteiger charge is 2.38. The molecule has 12 heteroatoms. The summed E-state index contributed by atoms with van der Waals surface area (Å²) in [5, 5.41) is 1.12. The zero-order valence-electron chi connectivity index (χ0n) is 13.2. The maximum absolute atomic E-state index is 12.8. The highest BCUT2D eigenvalue weighted by molar-refractivity contribution is 6.31. The maximum Gasteiger partial charge on any atom is 0.417 e. The van der Waals surface area contributed by atoms with Gasteiger partial charge in [-0.2, -0.15) is 39.5 Å². The number of rotatable bonds is 2. The van der Waals surface area contributed by atoms with Crippen molar-refractivity contribution < 1.29 is 44.3 Å². The van der Waals surface area contributed by atoms with E-state index in [0.717, 1.165) is 12.1 Å². The molecule has 0 unspecified atom stereocenters. The highest BCUT2D eigenvalue weighted by atomic mass is 35.5. The van der Waals surface area contributed by atoms with Crippen LogP contribution in [0, 0.1) is 0 Å². The lowest BCUT2D eigenvalue weighted by Gasteiger charge is -2.15. The van der Waals surface area contributed by atoms with Crippen LogP contribution in [0.5, 0.6) is 0 Å². The van der Waals surface area contributed by atoms with E-state index in [0.29, 0.717) is 6.07 Å². The second-order valence-corrected chi connectivity index (χ2v) is 5.85. The third-order valence-electron chi connectivity index (χ3n) is 3.38. The van der Waals surface area contributed by atoms with Gasteiger partial charge < -0.3 is 5.32 Å². The summed E-state index contributed by atoms with van der Waals surface area (Å²) in [6, 6.07) is 2.22. The van der Waals surface area contributed by atoms with Crippen LogP contribution in [0.4, 0.5) is 45.2 Å². The van der Waals surface area contributed by atoms with Crippen LogP contribution in [0.15, 0.2) is 36.4 Å². The van der Waals surface area contributed by atoms with Crippen LogP contribution < -0.4 is 5.32 Å². The SMILES string of the molecule is O=C(Nc1ccc(Cl)c(C(F)(F)F)c1)c1cc(C(F)(F)F)cc(C(F)(F)F)c1. The van der Waals surface area contributed by atoms with Crippen molar-refractivity contribution in [3.8, 4) is 0 Å². The van der Waals surface area contributed by atoms with E-state index in [2.05, 4.69) is 0 Å². The van der Waals surface area contributed by atoms with E-state index < -0.39 is 57.4 Å². The molecule has 0 aliphatic carbocycles. The zero-order chi connectivity index (χ0) is 21.5. The van der Waals surface area contributed by atoms with Gasteiger partial charge >= 0.3 is 18.5 Å². The monoisotopic (exact) mass is 435 g/mol. The smallest absolute Gasteiger partial charge is 0.322 e. The first-order valence-electron chi connectivity index (χ1n) is 7.06. The summed E-state index contributed by atoms with van der Waals surface area (Å²) in [5.74, 6) is -1.47. The van der Waals surface area contributed by atoms with Crippen LogP contribution in [-0.4, -0.2) is 5.91 Å². The maximum atomic E-state index is 12.8. The number of carbonyl (C=O) groups excluding carboxylic acids is 1. The Morgan fingerprint density at radius 3 is 1.68 bits per heavy atom. The molecule has 0 saturated heterocycles. The van der Waals surface area contributed by atoms with Gasteiger partial charge in [-0.1, -0.05) is 11.6 Å². The van der Waals surface area contributed by atoms with Crippen molar-refractivity contribution in [2.45, 2.75) is 18.5 Å². The number of alkyl halides is 9. The van der Waals surface area contributed by atoms with Crippen LogP contribution in [0.25, 0.3) is 0 Å². The quantitative estimate of drug-likeness (QED) is 0.526.